The third kappa shape index (κ3) is 3.34. The van der Waals surface area contributed by atoms with Crippen LogP contribution in [-0.2, 0) is 6.54 Å². The van der Waals surface area contributed by atoms with Gasteiger partial charge < -0.3 is 5.73 Å². The largest absolute Gasteiger partial charge is 0.316 e. The number of nitrogens with two attached hydrogens (primary N) is 1. The van der Waals surface area contributed by atoms with Gasteiger partial charge in [0.15, 0.2) is 0 Å². The number of rotatable bonds is 3. The molecule has 0 aliphatic rings. The Labute approximate surface area is 81.3 Å². The maximum atomic E-state index is 5.56. The molecule has 3 heteroatoms. The van der Waals surface area contributed by atoms with Crippen molar-refractivity contribution in [3.63, 3.8) is 0 Å². The summed E-state index contributed by atoms with van der Waals surface area (Å²) < 4.78 is 1.10. The lowest BCUT2D eigenvalue weighted by molar-refractivity contribution is 0.567. The lowest BCUT2D eigenvalue weighted by Crippen LogP contribution is -2.33. The SMILES string of the molecule is CC(N)NCc1cccc(Br)c1. The second-order valence-corrected chi connectivity index (χ2v) is 3.72. The van der Waals surface area contributed by atoms with Crippen LogP contribution in [0.25, 0.3) is 0 Å². The summed E-state index contributed by atoms with van der Waals surface area (Å²) in [6.07, 6.45) is 0.0454. The van der Waals surface area contributed by atoms with Gasteiger partial charge in [-0.3, -0.25) is 5.32 Å². The molecule has 12 heavy (non-hydrogen) atoms. The Morgan fingerprint density at radius 1 is 1.58 bits per heavy atom. The van der Waals surface area contributed by atoms with Crippen LogP contribution in [0.15, 0.2) is 28.7 Å². The number of halogens is 1. The summed E-state index contributed by atoms with van der Waals surface area (Å²) in [7, 11) is 0. The predicted octanol–water partition coefficient (Wildman–Crippen LogP) is 1.84. The smallest absolute Gasteiger partial charge is 0.0519 e. The Kier molecular flexibility index (Phi) is 3.72. The Morgan fingerprint density at radius 3 is 2.92 bits per heavy atom. The van der Waals surface area contributed by atoms with Gasteiger partial charge in [0.05, 0.1) is 6.17 Å². The van der Waals surface area contributed by atoms with E-state index in [1.807, 2.05) is 19.1 Å². The topological polar surface area (TPSA) is 38.0 Å². The molecule has 1 unspecified atom stereocenters. The van der Waals surface area contributed by atoms with Crippen LogP contribution in [0.5, 0.6) is 0 Å². The van der Waals surface area contributed by atoms with Gasteiger partial charge >= 0.3 is 0 Å². The van der Waals surface area contributed by atoms with E-state index >= 15 is 0 Å². The van der Waals surface area contributed by atoms with Crippen molar-refractivity contribution in [3.8, 4) is 0 Å². The molecule has 1 atom stereocenters. The minimum absolute atomic E-state index is 0.0454. The van der Waals surface area contributed by atoms with Crippen molar-refractivity contribution in [3.05, 3.63) is 34.3 Å². The molecule has 0 bridgehead atoms. The van der Waals surface area contributed by atoms with Gasteiger partial charge in [-0.1, -0.05) is 28.1 Å². The van der Waals surface area contributed by atoms with Crippen LogP contribution in [0.2, 0.25) is 0 Å². The average molecular weight is 229 g/mol. The molecule has 0 saturated carbocycles. The Bertz CT molecular complexity index is 248. The summed E-state index contributed by atoms with van der Waals surface area (Å²) in [5.41, 5.74) is 6.79. The molecule has 0 fully saturated rings. The van der Waals surface area contributed by atoms with E-state index in [-0.39, 0.29) is 6.17 Å². The molecule has 0 amide bonds. The Morgan fingerprint density at radius 2 is 2.33 bits per heavy atom. The summed E-state index contributed by atoms with van der Waals surface area (Å²) in [6.45, 7) is 2.75. The molecule has 2 nitrogen and oxygen atoms in total. The van der Waals surface area contributed by atoms with Gasteiger partial charge in [0.25, 0.3) is 0 Å². The molecule has 0 spiro atoms. The minimum Gasteiger partial charge on any atom is -0.316 e. The van der Waals surface area contributed by atoms with Gasteiger partial charge in [0.1, 0.15) is 0 Å². The van der Waals surface area contributed by atoms with Crippen LogP contribution in [0.4, 0.5) is 0 Å². The van der Waals surface area contributed by atoms with E-state index in [2.05, 4.69) is 33.4 Å². The molecule has 3 N–H and O–H groups in total. The molecule has 0 aromatic heterocycles. The van der Waals surface area contributed by atoms with E-state index in [1.165, 1.54) is 5.56 Å². The summed E-state index contributed by atoms with van der Waals surface area (Å²) in [4.78, 5) is 0. The summed E-state index contributed by atoms with van der Waals surface area (Å²) >= 11 is 3.41. The summed E-state index contributed by atoms with van der Waals surface area (Å²) in [6, 6.07) is 8.17. The van der Waals surface area contributed by atoms with E-state index < -0.39 is 0 Å². The predicted molar refractivity (Wildman–Crippen MR) is 54.6 cm³/mol. The molecule has 1 rings (SSSR count). The van der Waals surface area contributed by atoms with Gasteiger partial charge in [-0.15, -0.1) is 0 Å². The van der Waals surface area contributed by atoms with E-state index in [4.69, 9.17) is 5.73 Å². The lowest BCUT2D eigenvalue weighted by atomic mass is 10.2. The highest BCUT2D eigenvalue weighted by Gasteiger charge is 1.94. The van der Waals surface area contributed by atoms with Crippen LogP contribution < -0.4 is 11.1 Å². The van der Waals surface area contributed by atoms with Gasteiger partial charge in [-0.05, 0) is 24.6 Å². The quantitative estimate of drug-likeness (QED) is 0.776. The van der Waals surface area contributed by atoms with Crippen LogP contribution in [0.3, 0.4) is 0 Å². The second-order valence-electron chi connectivity index (χ2n) is 2.80. The average Bonchev–Trinajstić information content (AvgIpc) is 2.01. The number of nitrogens with one attached hydrogen (secondary N) is 1. The zero-order chi connectivity index (χ0) is 8.97. The molecule has 0 radical (unpaired) electrons. The highest BCUT2D eigenvalue weighted by Crippen LogP contribution is 2.11. The summed E-state index contributed by atoms with van der Waals surface area (Å²) in [5, 5.41) is 3.15. The van der Waals surface area contributed by atoms with Crippen LogP contribution in [-0.4, -0.2) is 6.17 Å². The minimum atomic E-state index is 0.0454. The van der Waals surface area contributed by atoms with Gasteiger partial charge in [0.2, 0.25) is 0 Å². The van der Waals surface area contributed by atoms with Gasteiger partial charge in [0, 0.05) is 11.0 Å². The molecule has 0 aliphatic carbocycles. The van der Waals surface area contributed by atoms with Crippen LogP contribution in [0, 0.1) is 0 Å². The highest BCUT2D eigenvalue weighted by molar-refractivity contribution is 9.10. The standard InChI is InChI=1S/C9H13BrN2/c1-7(11)12-6-8-3-2-4-9(10)5-8/h2-5,7,12H,6,11H2,1H3. The second kappa shape index (κ2) is 4.60. The van der Waals surface area contributed by atoms with Crippen molar-refractivity contribution in [2.24, 2.45) is 5.73 Å². The first-order chi connectivity index (χ1) is 5.68. The van der Waals surface area contributed by atoms with Crippen LogP contribution in [0.1, 0.15) is 12.5 Å². The molecular formula is C9H13BrN2. The Balaban J connectivity index is 2.52. The van der Waals surface area contributed by atoms with Crippen LogP contribution >= 0.6 is 15.9 Å². The van der Waals surface area contributed by atoms with Crippen molar-refractivity contribution in [1.82, 2.24) is 5.32 Å². The zero-order valence-electron chi connectivity index (χ0n) is 7.05. The molecule has 0 saturated heterocycles. The van der Waals surface area contributed by atoms with Crippen molar-refractivity contribution < 1.29 is 0 Å². The lowest BCUT2D eigenvalue weighted by Gasteiger charge is -2.07. The van der Waals surface area contributed by atoms with E-state index in [1.54, 1.807) is 0 Å². The zero-order valence-corrected chi connectivity index (χ0v) is 8.64. The van der Waals surface area contributed by atoms with E-state index in [0.717, 1.165) is 11.0 Å². The van der Waals surface area contributed by atoms with E-state index in [9.17, 15) is 0 Å². The maximum Gasteiger partial charge on any atom is 0.0519 e. The fourth-order valence-electron chi connectivity index (χ4n) is 0.926. The third-order valence-corrected chi connectivity index (χ3v) is 2.01. The monoisotopic (exact) mass is 228 g/mol. The Hall–Kier alpha value is -0.380. The normalized spacial score (nSPS) is 12.9. The maximum absolute atomic E-state index is 5.56. The van der Waals surface area contributed by atoms with Gasteiger partial charge in [-0.2, -0.15) is 0 Å². The van der Waals surface area contributed by atoms with E-state index in [0.29, 0.717) is 0 Å². The molecular weight excluding hydrogens is 216 g/mol. The number of hydrogen-bond acceptors (Lipinski definition) is 2. The molecule has 66 valence electrons. The van der Waals surface area contributed by atoms with Crippen molar-refractivity contribution in [2.75, 3.05) is 0 Å². The number of hydrogen-bond donors (Lipinski definition) is 2. The van der Waals surface area contributed by atoms with Crippen molar-refractivity contribution >= 4 is 15.9 Å². The summed E-state index contributed by atoms with van der Waals surface area (Å²) in [5.74, 6) is 0. The first-order valence-corrected chi connectivity index (χ1v) is 4.71. The molecule has 0 heterocycles. The molecule has 0 aliphatic heterocycles. The first kappa shape index (κ1) is 9.71. The fourth-order valence-corrected chi connectivity index (χ4v) is 1.37. The molecule has 1 aromatic carbocycles. The first-order valence-electron chi connectivity index (χ1n) is 3.92. The van der Waals surface area contributed by atoms with Crippen molar-refractivity contribution in [2.45, 2.75) is 19.6 Å². The molecule has 1 aromatic rings. The number of benzene rings is 1. The van der Waals surface area contributed by atoms with Crippen molar-refractivity contribution in [1.29, 1.82) is 0 Å². The third-order valence-electron chi connectivity index (χ3n) is 1.52. The van der Waals surface area contributed by atoms with Gasteiger partial charge in [-0.25, -0.2) is 0 Å². The fraction of sp³-hybridized carbons (Fsp3) is 0.333. The highest BCUT2D eigenvalue weighted by atomic mass is 79.9.